The number of benzene rings is 1. The number of anilines is 1. The maximum atomic E-state index is 13.5. The zero-order valence-electron chi connectivity index (χ0n) is 30.4. The first-order valence-electron chi connectivity index (χ1n) is 17.8. The van der Waals surface area contributed by atoms with Gasteiger partial charge in [0.1, 0.15) is 30.3 Å². The highest BCUT2D eigenvalue weighted by molar-refractivity contribution is 6.30. The predicted octanol–water partition coefficient (Wildman–Crippen LogP) is 8.06. The van der Waals surface area contributed by atoms with Crippen molar-refractivity contribution in [2.45, 2.75) is 92.6 Å². The van der Waals surface area contributed by atoms with Gasteiger partial charge in [0.15, 0.2) is 0 Å². The van der Waals surface area contributed by atoms with Crippen LogP contribution in [0.3, 0.4) is 0 Å². The van der Waals surface area contributed by atoms with Crippen LogP contribution in [0.5, 0.6) is 0 Å². The Labute approximate surface area is 301 Å². The lowest BCUT2D eigenvalue weighted by Crippen LogP contribution is -2.35. The zero-order valence-corrected chi connectivity index (χ0v) is 31.2. The van der Waals surface area contributed by atoms with Gasteiger partial charge in [0.05, 0.1) is 15.9 Å². The van der Waals surface area contributed by atoms with Crippen molar-refractivity contribution < 1.29 is 19.0 Å². The number of amides is 1. The fraction of sp³-hybridized carbons (Fsp3) is 0.425. The Bertz CT molecular complexity index is 1770. The molecule has 0 unspecified atom stereocenters. The van der Waals surface area contributed by atoms with Crippen LogP contribution < -0.4 is 15.9 Å². The number of allylic oxidation sites excluding steroid dienone is 6. The van der Waals surface area contributed by atoms with Crippen molar-refractivity contribution in [2.75, 3.05) is 25.5 Å². The number of hydrogen-bond donors (Lipinski definition) is 2. The number of carbonyl (C=O) groups excluding carboxylic acids is 1. The number of aliphatic hydroxyl groups is 1. The molecule has 1 amide bonds. The normalized spacial score (nSPS) is 18.0. The molecule has 270 valence electrons. The lowest BCUT2D eigenvalue weighted by molar-refractivity contribution is 0.0723. The quantitative estimate of drug-likeness (QED) is 0.259. The number of rotatable bonds is 7. The largest absolute Gasteiger partial charge is 0.492 e. The minimum atomic E-state index is -0.277. The Morgan fingerprint density at radius 3 is 2.48 bits per heavy atom. The average Bonchev–Trinajstić information content (AvgIpc) is 3.40. The maximum Gasteiger partial charge on any atom is 0.255 e. The van der Waals surface area contributed by atoms with Gasteiger partial charge >= 0.3 is 0 Å². The number of aliphatic hydroxyl groups excluding tert-OH is 1. The van der Waals surface area contributed by atoms with E-state index in [0.29, 0.717) is 24.3 Å². The smallest absolute Gasteiger partial charge is 0.255 e. The molecule has 1 aliphatic heterocycles. The molecule has 10 heteroatoms. The minimum absolute atomic E-state index is 0.122. The molecule has 0 bridgehead atoms. The molecule has 1 fully saturated rings. The molecule has 2 aliphatic carbocycles. The molecule has 3 heterocycles. The molecule has 1 aromatic carbocycles. The second kappa shape index (κ2) is 21.1. The first kappa shape index (κ1) is 40.2. The summed E-state index contributed by atoms with van der Waals surface area (Å²) in [6, 6.07) is 6.42. The van der Waals surface area contributed by atoms with Crippen LogP contribution in [0.1, 0.15) is 101 Å². The number of halogens is 2. The van der Waals surface area contributed by atoms with Gasteiger partial charge in [-0.05, 0) is 74.4 Å². The highest BCUT2D eigenvalue weighted by Crippen LogP contribution is 2.27. The predicted molar refractivity (Wildman–Crippen MR) is 203 cm³/mol. The number of aromatic nitrogens is 3. The van der Waals surface area contributed by atoms with Crippen LogP contribution in [-0.4, -0.2) is 50.6 Å². The first-order valence-corrected chi connectivity index (χ1v) is 18.2. The minimum Gasteiger partial charge on any atom is -0.492 e. The summed E-state index contributed by atoms with van der Waals surface area (Å²) in [4.78, 5) is 24.3. The summed E-state index contributed by atoms with van der Waals surface area (Å²) in [5, 5.41) is 13.0. The van der Waals surface area contributed by atoms with Gasteiger partial charge in [-0.25, -0.2) is 14.4 Å². The van der Waals surface area contributed by atoms with Crippen LogP contribution in [0.4, 0.5) is 10.2 Å². The van der Waals surface area contributed by atoms with Gasteiger partial charge in [-0.15, -0.1) is 0 Å². The van der Waals surface area contributed by atoms with Gasteiger partial charge in [0, 0.05) is 68.5 Å². The van der Waals surface area contributed by atoms with Crippen LogP contribution in [0.25, 0.3) is 17.8 Å². The van der Waals surface area contributed by atoms with Gasteiger partial charge < -0.3 is 24.6 Å². The van der Waals surface area contributed by atoms with Crippen molar-refractivity contribution in [3.05, 3.63) is 105 Å². The Kier molecular flexibility index (Phi) is 17.0. The van der Waals surface area contributed by atoms with E-state index in [-0.39, 0.29) is 18.3 Å². The molecule has 0 saturated carbocycles. The van der Waals surface area contributed by atoms with E-state index in [0.717, 1.165) is 96.1 Å². The fourth-order valence-electron chi connectivity index (χ4n) is 5.91. The zero-order chi connectivity index (χ0) is 36.5. The number of carbonyl (C=O) groups is 1. The summed E-state index contributed by atoms with van der Waals surface area (Å²) in [6.45, 7) is 12.0. The monoisotopic (exact) mass is 705 g/mol. The number of aryl methyl sites for hydroxylation is 1. The molecule has 0 atom stereocenters. The maximum absolute atomic E-state index is 13.5. The molecule has 2 aromatic heterocycles. The van der Waals surface area contributed by atoms with Crippen LogP contribution in [0.15, 0.2) is 71.6 Å². The average molecular weight is 706 g/mol. The molecule has 3 aliphatic rings. The van der Waals surface area contributed by atoms with Gasteiger partial charge in [-0.3, -0.25) is 4.79 Å². The van der Waals surface area contributed by atoms with E-state index in [2.05, 4.69) is 38.1 Å². The standard InChI is InChI=1S/C35H37ClFN5O2.2C2H6.CH4O/c1-24-20-42(21-30(24)35(43)41-17-3-2-4-18-41)28-12-14-29-32(16-13-28)38-23-39-34(29)40-27-9-6-10-33(31(36)15-11-27)44-22-25-7-5-8-26(37)19-25;3*1-2/h5,7-8,11,13-14,16,19-21,23H,2-4,6,9-10,12,15,17-18,22H2,1H3,(H,38,39,40);2*1-2H3;2H,1H3/b27-11+,33-31-;;;. The highest BCUT2D eigenvalue weighted by atomic mass is 35.5. The van der Waals surface area contributed by atoms with E-state index < -0.39 is 0 Å². The van der Waals surface area contributed by atoms with Crippen molar-refractivity contribution in [1.82, 2.24) is 19.4 Å². The Hall–Kier alpha value is -4.21. The number of nitrogens with one attached hydrogen (secondary N) is 1. The summed E-state index contributed by atoms with van der Waals surface area (Å²) in [7, 11) is 1.00. The molecule has 8 nitrogen and oxygen atoms in total. The molecule has 0 spiro atoms. The van der Waals surface area contributed by atoms with Crippen LogP contribution in [-0.2, 0) is 11.3 Å². The van der Waals surface area contributed by atoms with E-state index in [1.165, 1.54) is 18.6 Å². The first-order chi connectivity index (χ1) is 24.4. The van der Waals surface area contributed by atoms with Crippen molar-refractivity contribution in [1.29, 1.82) is 0 Å². The summed E-state index contributed by atoms with van der Waals surface area (Å²) in [6.07, 6.45) is 20.8. The number of ether oxygens (including phenoxy) is 1. The summed E-state index contributed by atoms with van der Waals surface area (Å²) in [5.74, 6) is 1.35. The van der Waals surface area contributed by atoms with Crippen LogP contribution in [0, 0.1) is 12.7 Å². The number of fused-ring (bicyclic) bond motifs is 1. The van der Waals surface area contributed by atoms with Crippen LogP contribution in [0.2, 0.25) is 0 Å². The van der Waals surface area contributed by atoms with E-state index in [1.807, 2.05) is 64.1 Å². The molecule has 2 N–H and O–H groups in total. The molecule has 3 aromatic rings. The van der Waals surface area contributed by atoms with Crippen molar-refractivity contribution in [2.24, 2.45) is 0 Å². The van der Waals surface area contributed by atoms with Crippen molar-refractivity contribution in [3.63, 3.8) is 0 Å². The third kappa shape index (κ3) is 10.9. The molecule has 0 radical (unpaired) electrons. The lowest BCUT2D eigenvalue weighted by Gasteiger charge is -2.26. The highest BCUT2D eigenvalue weighted by Gasteiger charge is 2.21. The number of piperidine rings is 1. The van der Waals surface area contributed by atoms with Crippen molar-refractivity contribution >= 4 is 41.2 Å². The van der Waals surface area contributed by atoms with Gasteiger partial charge in [-0.1, -0.05) is 63.6 Å². The van der Waals surface area contributed by atoms with Crippen molar-refractivity contribution in [3.8, 4) is 0 Å². The van der Waals surface area contributed by atoms with Gasteiger partial charge in [0.25, 0.3) is 5.91 Å². The molecule has 6 rings (SSSR count). The number of hydrogen-bond acceptors (Lipinski definition) is 6. The summed E-state index contributed by atoms with van der Waals surface area (Å²) in [5.41, 5.74) is 4.62. The van der Waals surface area contributed by atoms with Crippen LogP contribution >= 0.6 is 11.6 Å². The van der Waals surface area contributed by atoms with E-state index in [4.69, 9.17) is 21.4 Å². The Morgan fingerprint density at radius 2 is 1.74 bits per heavy atom. The Balaban J connectivity index is 0.00000107. The lowest BCUT2D eigenvalue weighted by atomic mass is 10.1. The molecular formula is C40H53ClFN5O3. The second-order valence-electron chi connectivity index (χ2n) is 11.5. The van der Waals surface area contributed by atoms with Gasteiger partial charge in [-0.2, -0.15) is 0 Å². The molecular weight excluding hydrogens is 653 g/mol. The van der Waals surface area contributed by atoms with E-state index >= 15 is 0 Å². The van der Waals surface area contributed by atoms with E-state index in [9.17, 15) is 9.18 Å². The van der Waals surface area contributed by atoms with E-state index in [1.54, 1.807) is 12.4 Å². The molecule has 1 saturated heterocycles. The number of likely N-dealkylation sites (tertiary alicyclic amines) is 1. The second-order valence-corrected chi connectivity index (χ2v) is 12.0. The number of nitrogens with zero attached hydrogens (tertiary/aromatic N) is 4. The Morgan fingerprint density at radius 1 is 0.980 bits per heavy atom. The molecule has 50 heavy (non-hydrogen) atoms. The summed E-state index contributed by atoms with van der Waals surface area (Å²) < 4.78 is 21.6. The topological polar surface area (TPSA) is 92.5 Å². The fourth-order valence-corrected chi connectivity index (χ4v) is 6.14. The third-order valence-electron chi connectivity index (χ3n) is 8.36. The SMILES string of the molecule is CC.CC.CO.Cc1cn(C2=CC=c3ncnc(N/C4=C/C/C(Cl)=C(/OCc5cccc(F)c5)CCC4)c3=CC2)cc1C(=O)N1CCCCC1. The summed E-state index contributed by atoms with van der Waals surface area (Å²) >= 11 is 6.65. The van der Waals surface area contributed by atoms with Gasteiger partial charge in [0.2, 0.25) is 0 Å². The third-order valence-corrected chi connectivity index (χ3v) is 8.72.